The Morgan fingerprint density at radius 2 is 1.54 bits per heavy atom. The number of aromatic nitrogens is 1. The fourth-order valence-corrected chi connectivity index (χ4v) is 5.56. The number of carbonyl (C=O) groups excluding carboxylic acids is 1. The quantitative estimate of drug-likeness (QED) is 0.0578. The number of anilines is 1. The number of nitrogens with zero attached hydrogens (tertiary/aromatic N) is 2. The second-order valence-corrected chi connectivity index (χ2v) is 14.0. The van der Waals surface area contributed by atoms with Crippen molar-refractivity contribution in [3.63, 3.8) is 0 Å². The summed E-state index contributed by atoms with van der Waals surface area (Å²) in [7, 11) is 0. The molecule has 1 aliphatic rings. The third-order valence-electron chi connectivity index (χ3n) is 8.44. The van der Waals surface area contributed by atoms with Crippen molar-refractivity contribution in [1.82, 2.24) is 20.7 Å². The maximum Gasteiger partial charge on any atom is 0.329 e. The lowest BCUT2D eigenvalue weighted by atomic mass is 9.84. The number of benzene rings is 2. The molecule has 57 heavy (non-hydrogen) atoms. The fourth-order valence-electron chi connectivity index (χ4n) is 5.56. The lowest BCUT2D eigenvalue weighted by Crippen LogP contribution is -2.51. The highest BCUT2D eigenvalue weighted by Gasteiger charge is 2.38. The maximum absolute atomic E-state index is 14.7. The molecule has 11 nitrogen and oxygen atoms in total. The molecule has 1 saturated heterocycles. The van der Waals surface area contributed by atoms with E-state index in [-0.39, 0.29) is 32.1 Å². The van der Waals surface area contributed by atoms with Crippen molar-refractivity contribution in [1.29, 1.82) is 0 Å². The second kappa shape index (κ2) is 26.9. The molecule has 13 heteroatoms. The minimum Gasteiger partial charge on any atom is -0.494 e. The Hall–Kier alpha value is -4.85. The van der Waals surface area contributed by atoms with E-state index in [1.807, 2.05) is 32.0 Å². The molecule has 0 aliphatic carbocycles. The molecule has 1 fully saturated rings. The zero-order chi connectivity index (χ0) is 42.1. The Kier molecular flexibility index (Phi) is 22.8. The number of aliphatic carboxylic acids is 1. The van der Waals surface area contributed by atoms with Crippen LogP contribution in [0, 0.1) is 11.7 Å². The minimum atomic E-state index is -0.988. The number of halogens is 2. The smallest absolute Gasteiger partial charge is 0.329 e. The number of pyridine rings is 1. The molecule has 1 aromatic heterocycles. The lowest BCUT2D eigenvalue weighted by Gasteiger charge is -2.42. The number of rotatable bonds is 22. The molecule has 1 amide bonds. The zero-order valence-corrected chi connectivity index (χ0v) is 34.4. The van der Waals surface area contributed by atoms with Crippen LogP contribution in [0.4, 0.5) is 14.6 Å². The van der Waals surface area contributed by atoms with Crippen LogP contribution in [-0.2, 0) is 20.8 Å². The van der Waals surface area contributed by atoms with Crippen molar-refractivity contribution in [2.75, 3.05) is 51.4 Å². The first kappa shape index (κ1) is 48.3. The fraction of sp³-hybridized carbons (Fsp3) is 0.477. The largest absolute Gasteiger partial charge is 0.494 e. The number of nitrogens with one attached hydrogen (secondary N) is 3. The van der Waals surface area contributed by atoms with E-state index in [0.29, 0.717) is 79.6 Å². The van der Waals surface area contributed by atoms with Crippen LogP contribution >= 0.6 is 0 Å². The van der Waals surface area contributed by atoms with E-state index in [1.54, 1.807) is 42.7 Å². The van der Waals surface area contributed by atoms with Crippen molar-refractivity contribution >= 4 is 23.3 Å². The van der Waals surface area contributed by atoms with Gasteiger partial charge in [-0.15, -0.1) is 9.60 Å². The third-order valence-corrected chi connectivity index (χ3v) is 8.44. The molecule has 4 rings (SSSR count). The molecule has 0 unspecified atom stereocenters. The van der Waals surface area contributed by atoms with Crippen molar-refractivity contribution in [3.8, 4) is 5.75 Å². The van der Waals surface area contributed by atoms with Gasteiger partial charge in [0, 0.05) is 85.6 Å². The molecule has 0 atom stereocenters. The zero-order valence-electron chi connectivity index (χ0n) is 34.4. The molecule has 4 N–H and O–H groups in total. The third kappa shape index (κ3) is 18.8. The topological polar surface area (TPSA) is 134 Å². The Bertz CT molecular complexity index is 1650. The Balaban J connectivity index is 0.00000175. The number of hydrogen-bond acceptors (Lipinski definition) is 9. The summed E-state index contributed by atoms with van der Waals surface area (Å²) in [5, 5.41) is 18.9. The molecule has 2 heterocycles. The van der Waals surface area contributed by atoms with Crippen LogP contribution in [0.5, 0.6) is 5.75 Å². The van der Waals surface area contributed by atoms with Crippen LogP contribution in [0.15, 0.2) is 85.8 Å². The van der Waals surface area contributed by atoms with Crippen LogP contribution in [-0.4, -0.2) is 78.8 Å². The van der Waals surface area contributed by atoms with E-state index < -0.39 is 17.3 Å². The number of ether oxygens (including phenoxy) is 3. The summed E-state index contributed by atoms with van der Waals surface area (Å²) in [6, 6.07) is 15.1. The summed E-state index contributed by atoms with van der Waals surface area (Å²) >= 11 is 0. The van der Waals surface area contributed by atoms with E-state index >= 15 is 0 Å². The molecule has 2 aromatic carbocycles. The predicted octanol–water partition coefficient (Wildman–Crippen LogP) is 8.80. The number of carboxylic acids is 1. The van der Waals surface area contributed by atoms with Gasteiger partial charge in [-0.1, -0.05) is 53.8 Å². The maximum atomic E-state index is 14.7. The molecule has 1 aliphatic heterocycles. The van der Waals surface area contributed by atoms with Crippen LogP contribution in [0.1, 0.15) is 94.6 Å². The van der Waals surface area contributed by atoms with E-state index in [0.717, 1.165) is 35.9 Å². The average Bonchev–Trinajstić information content (AvgIpc) is 3.20. The van der Waals surface area contributed by atoms with Gasteiger partial charge in [-0.2, -0.15) is 0 Å². The lowest BCUT2D eigenvalue weighted by molar-refractivity contribution is -0.142. The number of amides is 1. The standard InChI is InChI=1S/C38H47F2N5O6.C4H10.C2H6/c1-28(30-12-16-41-17-13-30)43-29(2)38(14-18-45(40)19-15-38)44-33-9-6-8-31(24-33)37(48)42-26-32-25-34(10-11-35(32)39)51-23-5-3-4-20-49-21-7-22-50-27-36(46)47;1-4(2)3;1-2/h6,8-13,16-17,24-25,43-44H,1-5,7,14-15,18-23,26-27H2,(H,42,48)(H,46,47);4H,1-3H3;1-2H3. The van der Waals surface area contributed by atoms with Crippen LogP contribution < -0.4 is 20.7 Å². The van der Waals surface area contributed by atoms with Crippen LogP contribution in [0.3, 0.4) is 0 Å². The molecule has 0 bridgehead atoms. The number of hydrogen-bond donors (Lipinski definition) is 4. The summed E-state index contributed by atoms with van der Waals surface area (Å²) in [5.74, 6) is -0.480. The molecule has 0 spiro atoms. The molecule has 0 radical (unpaired) electrons. The highest BCUT2D eigenvalue weighted by Crippen LogP contribution is 2.33. The summed E-state index contributed by atoms with van der Waals surface area (Å²) in [6.45, 7) is 20.9. The second-order valence-electron chi connectivity index (χ2n) is 14.0. The molecular formula is C44H63F2N5O6. The first-order valence-electron chi connectivity index (χ1n) is 19.8. The van der Waals surface area contributed by atoms with Crippen molar-refractivity contribution in [2.45, 2.75) is 85.2 Å². The van der Waals surface area contributed by atoms with E-state index in [4.69, 9.17) is 19.3 Å². The predicted molar refractivity (Wildman–Crippen MR) is 223 cm³/mol. The highest BCUT2D eigenvalue weighted by molar-refractivity contribution is 5.95. The van der Waals surface area contributed by atoms with Gasteiger partial charge in [0.2, 0.25) is 0 Å². The highest BCUT2D eigenvalue weighted by atomic mass is 19.2. The van der Waals surface area contributed by atoms with E-state index in [2.05, 4.69) is 54.9 Å². The number of carbonyl (C=O) groups is 2. The van der Waals surface area contributed by atoms with Gasteiger partial charge < -0.3 is 35.3 Å². The summed E-state index contributed by atoms with van der Waals surface area (Å²) in [6.07, 6.45) is 7.36. The molecule has 3 aromatic rings. The van der Waals surface area contributed by atoms with E-state index in [9.17, 15) is 18.5 Å². The van der Waals surface area contributed by atoms with Gasteiger partial charge in [-0.05, 0) is 93.0 Å². The first-order valence-corrected chi connectivity index (χ1v) is 19.8. The summed E-state index contributed by atoms with van der Waals surface area (Å²) in [5.41, 5.74) is 2.73. The minimum absolute atomic E-state index is 0.0354. The molecule has 314 valence electrons. The van der Waals surface area contributed by atoms with E-state index in [1.165, 1.54) is 6.07 Å². The number of carboxylic acid groups (broad SMARTS) is 1. The average molecular weight is 796 g/mol. The van der Waals surface area contributed by atoms with Gasteiger partial charge in [-0.3, -0.25) is 9.78 Å². The molecular weight excluding hydrogens is 733 g/mol. The summed E-state index contributed by atoms with van der Waals surface area (Å²) < 4.78 is 45.1. The Labute approximate surface area is 337 Å². The Morgan fingerprint density at radius 1 is 0.895 bits per heavy atom. The van der Waals surface area contributed by atoms with Crippen molar-refractivity contribution < 1.29 is 37.8 Å². The monoisotopic (exact) mass is 795 g/mol. The van der Waals surface area contributed by atoms with Gasteiger partial charge in [0.1, 0.15) is 18.2 Å². The van der Waals surface area contributed by atoms with Gasteiger partial charge in [0.15, 0.2) is 0 Å². The van der Waals surface area contributed by atoms with Crippen molar-refractivity contribution in [2.24, 2.45) is 5.92 Å². The summed E-state index contributed by atoms with van der Waals surface area (Å²) in [4.78, 5) is 27.6. The molecule has 0 saturated carbocycles. The first-order chi connectivity index (χ1) is 27.4. The number of unbranched alkanes of at least 4 members (excludes halogenated alkanes) is 2. The SMILES string of the molecule is C=C(NC(=C)C1(Nc2cccc(C(=O)NCc3cc(OCCCCCOCCCOCC(=O)O)ccc3F)c2)CCN(F)CC1)c1ccncc1.CC.CC(C)C. The number of piperidine rings is 1. The van der Waals surface area contributed by atoms with Gasteiger partial charge in [-0.25, -0.2) is 9.18 Å². The van der Waals surface area contributed by atoms with Gasteiger partial charge in [0.05, 0.1) is 12.1 Å². The van der Waals surface area contributed by atoms with Crippen molar-refractivity contribution in [3.05, 3.63) is 108 Å². The Morgan fingerprint density at radius 3 is 2.23 bits per heavy atom. The van der Waals surface area contributed by atoms with Gasteiger partial charge in [0.25, 0.3) is 5.91 Å². The van der Waals surface area contributed by atoms with Gasteiger partial charge >= 0.3 is 5.97 Å². The normalized spacial score (nSPS) is 13.3. The van der Waals surface area contributed by atoms with Crippen LogP contribution in [0.25, 0.3) is 5.70 Å². The van der Waals surface area contributed by atoms with Crippen LogP contribution in [0.2, 0.25) is 0 Å².